The number of nitrogens with zero attached hydrogens (tertiary/aromatic N) is 3. The van der Waals surface area contributed by atoms with Crippen molar-refractivity contribution in [3.8, 4) is 11.5 Å². The Morgan fingerprint density at radius 2 is 2.14 bits per heavy atom. The molecule has 0 unspecified atom stereocenters. The number of aryl methyl sites for hydroxylation is 1. The summed E-state index contributed by atoms with van der Waals surface area (Å²) in [4.78, 5) is 13.4. The van der Waals surface area contributed by atoms with Gasteiger partial charge in [-0.2, -0.15) is 0 Å². The standard InChI is InChI=1S/C16H19N3O2/c1-11-6-3-4-8-14(11)16-18-17-15(21-16)13-7-5-9-19(10-13)12(2)20/h3-4,6,8,13H,5,7,9-10H2,1-2H3/t13-/m0/s1. The van der Waals surface area contributed by atoms with E-state index in [1.54, 1.807) is 6.92 Å². The van der Waals surface area contributed by atoms with Crippen LogP contribution in [0.3, 0.4) is 0 Å². The van der Waals surface area contributed by atoms with E-state index >= 15 is 0 Å². The Morgan fingerprint density at radius 3 is 2.90 bits per heavy atom. The SMILES string of the molecule is CC(=O)N1CCC[C@H](c2nnc(-c3ccccc3C)o2)C1. The van der Waals surface area contributed by atoms with Crippen LogP contribution in [0.1, 0.15) is 37.1 Å². The zero-order chi connectivity index (χ0) is 14.8. The highest BCUT2D eigenvalue weighted by Crippen LogP contribution is 2.29. The highest BCUT2D eigenvalue weighted by atomic mass is 16.4. The first-order valence-corrected chi connectivity index (χ1v) is 7.30. The molecule has 0 bridgehead atoms. The molecule has 0 spiro atoms. The lowest BCUT2D eigenvalue weighted by Gasteiger charge is -2.30. The van der Waals surface area contributed by atoms with Crippen molar-refractivity contribution >= 4 is 5.91 Å². The minimum absolute atomic E-state index is 0.110. The first-order valence-electron chi connectivity index (χ1n) is 7.30. The van der Waals surface area contributed by atoms with Gasteiger partial charge in [0.25, 0.3) is 0 Å². The molecule has 3 rings (SSSR count). The Bertz CT molecular complexity index is 650. The largest absolute Gasteiger partial charge is 0.420 e. The second-order valence-electron chi connectivity index (χ2n) is 5.56. The molecule has 2 heterocycles. The fraction of sp³-hybridized carbons (Fsp3) is 0.438. The second kappa shape index (κ2) is 5.68. The van der Waals surface area contributed by atoms with Gasteiger partial charge in [0.1, 0.15) is 0 Å². The molecule has 110 valence electrons. The molecule has 0 N–H and O–H groups in total. The van der Waals surface area contributed by atoms with E-state index in [-0.39, 0.29) is 11.8 Å². The van der Waals surface area contributed by atoms with Crippen LogP contribution in [0, 0.1) is 6.92 Å². The van der Waals surface area contributed by atoms with Gasteiger partial charge in [-0.05, 0) is 31.4 Å². The van der Waals surface area contributed by atoms with E-state index in [4.69, 9.17) is 4.42 Å². The van der Waals surface area contributed by atoms with Gasteiger partial charge in [-0.3, -0.25) is 4.79 Å². The van der Waals surface area contributed by atoms with Gasteiger partial charge in [0.05, 0.1) is 5.92 Å². The van der Waals surface area contributed by atoms with Crippen LogP contribution in [0.5, 0.6) is 0 Å². The van der Waals surface area contributed by atoms with E-state index in [2.05, 4.69) is 10.2 Å². The van der Waals surface area contributed by atoms with E-state index in [1.165, 1.54) is 0 Å². The molecule has 1 fully saturated rings. The summed E-state index contributed by atoms with van der Waals surface area (Å²) in [5.74, 6) is 1.45. The van der Waals surface area contributed by atoms with Gasteiger partial charge in [0.2, 0.25) is 17.7 Å². The third kappa shape index (κ3) is 2.82. The number of aromatic nitrogens is 2. The molecular formula is C16H19N3O2. The Hall–Kier alpha value is -2.17. The van der Waals surface area contributed by atoms with Gasteiger partial charge in [0.15, 0.2) is 0 Å². The fourth-order valence-electron chi connectivity index (χ4n) is 2.79. The predicted molar refractivity (Wildman–Crippen MR) is 78.7 cm³/mol. The Kier molecular flexibility index (Phi) is 3.73. The molecule has 0 aliphatic carbocycles. The van der Waals surface area contributed by atoms with Crippen LogP contribution in [-0.4, -0.2) is 34.1 Å². The highest BCUT2D eigenvalue weighted by Gasteiger charge is 2.27. The Balaban J connectivity index is 1.82. The van der Waals surface area contributed by atoms with Crippen LogP contribution in [0.4, 0.5) is 0 Å². The van der Waals surface area contributed by atoms with Crippen molar-refractivity contribution in [3.05, 3.63) is 35.7 Å². The first kappa shape index (κ1) is 13.8. The minimum Gasteiger partial charge on any atom is -0.420 e. The van der Waals surface area contributed by atoms with Crippen LogP contribution in [0.15, 0.2) is 28.7 Å². The average molecular weight is 285 g/mol. The van der Waals surface area contributed by atoms with Crippen molar-refractivity contribution in [1.82, 2.24) is 15.1 Å². The van der Waals surface area contributed by atoms with Crippen molar-refractivity contribution in [3.63, 3.8) is 0 Å². The number of hydrogen-bond acceptors (Lipinski definition) is 4. The van der Waals surface area contributed by atoms with Crippen molar-refractivity contribution < 1.29 is 9.21 Å². The van der Waals surface area contributed by atoms with E-state index in [0.29, 0.717) is 18.3 Å². The molecule has 2 aromatic rings. The highest BCUT2D eigenvalue weighted by molar-refractivity contribution is 5.73. The van der Waals surface area contributed by atoms with E-state index in [1.807, 2.05) is 36.1 Å². The predicted octanol–water partition coefficient (Wildman–Crippen LogP) is 2.77. The van der Waals surface area contributed by atoms with Crippen molar-refractivity contribution in [1.29, 1.82) is 0 Å². The monoisotopic (exact) mass is 285 g/mol. The minimum atomic E-state index is 0.110. The number of likely N-dealkylation sites (tertiary alicyclic amines) is 1. The summed E-state index contributed by atoms with van der Waals surface area (Å²) in [6.07, 6.45) is 1.96. The molecule has 1 amide bonds. The van der Waals surface area contributed by atoms with E-state index < -0.39 is 0 Å². The number of piperidine rings is 1. The quantitative estimate of drug-likeness (QED) is 0.851. The summed E-state index contributed by atoms with van der Waals surface area (Å²) >= 11 is 0. The Morgan fingerprint density at radius 1 is 1.33 bits per heavy atom. The summed E-state index contributed by atoms with van der Waals surface area (Å²) in [6.45, 7) is 5.13. The number of benzene rings is 1. The maximum atomic E-state index is 11.5. The molecule has 1 aliphatic heterocycles. The first-order chi connectivity index (χ1) is 10.1. The lowest BCUT2D eigenvalue weighted by Crippen LogP contribution is -2.37. The molecule has 0 radical (unpaired) electrons. The number of amides is 1. The van der Waals surface area contributed by atoms with E-state index in [9.17, 15) is 4.79 Å². The number of carbonyl (C=O) groups is 1. The van der Waals surface area contributed by atoms with Crippen LogP contribution < -0.4 is 0 Å². The van der Waals surface area contributed by atoms with Gasteiger partial charge in [-0.1, -0.05) is 18.2 Å². The van der Waals surface area contributed by atoms with Crippen LogP contribution in [0.2, 0.25) is 0 Å². The molecule has 5 heteroatoms. The molecule has 5 nitrogen and oxygen atoms in total. The van der Waals surface area contributed by atoms with Gasteiger partial charge in [0, 0.05) is 25.6 Å². The van der Waals surface area contributed by atoms with Gasteiger partial charge in [-0.15, -0.1) is 10.2 Å². The van der Waals surface area contributed by atoms with Gasteiger partial charge < -0.3 is 9.32 Å². The molecule has 0 saturated carbocycles. The maximum Gasteiger partial charge on any atom is 0.248 e. The average Bonchev–Trinajstić information content (AvgIpc) is 2.97. The van der Waals surface area contributed by atoms with Gasteiger partial charge >= 0.3 is 0 Å². The lowest BCUT2D eigenvalue weighted by atomic mass is 9.98. The fourth-order valence-corrected chi connectivity index (χ4v) is 2.79. The molecular weight excluding hydrogens is 266 g/mol. The topological polar surface area (TPSA) is 59.2 Å². The van der Waals surface area contributed by atoms with Crippen LogP contribution in [-0.2, 0) is 4.79 Å². The third-order valence-corrected chi connectivity index (χ3v) is 4.03. The van der Waals surface area contributed by atoms with Crippen molar-refractivity contribution in [2.75, 3.05) is 13.1 Å². The van der Waals surface area contributed by atoms with Gasteiger partial charge in [-0.25, -0.2) is 0 Å². The maximum absolute atomic E-state index is 11.5. The molecule has 1 aromatic heterocycles. The molecule has 1 saturated heterocycles. The van der Waals surface area contributed by atoms with Crippen molar-refractivity contribution in [2.45, 2.75) is 32.6 Å². The molecule has 21 heavy (non-hydrogen) atoms. The number of hydrogen-bond donors (Lipinski definition) is 0. The van der Waals surface area contributed by atoms with Crippen LogP contribution >= 0.6 is 0 Å². The Labute approximate surface area is 124 Å². The van der Waals surface area contributed by atoms with Crippen molar-refractivity contribution in [2.24, 2.45) is 0 Å². The molecule has 1 aromatic carbocycles. The smallest absolute Gasteiger partial charge is 0.248 e. The summed E-state index contributed by atoms with van der Waals surface area (Å²) < 4.78 is 5.86. The summed E-state index contributed by atoms with van der Waals surface area (Å²) in [5, 5.41) is 8.37. The summed E-state index contributed by atoms with van der Waals surface area (Å²) in [6, 6.07) is 7.96. The number of rotatable bonds is 2. The van der Waals surface area contributed by atoms with E-state index in [0.717, 1.165) is 30.5 Å². The normalized spacial score (nSPS) is 18.8. The molecule has 1 atom stereocenters. The summed E-state index contributed by atoms with van der Waals surface area (Å²) in [5.41, 5.74) is 2.08. The lowest BCUT2D eigenvalue weighted by molar-refractivity contribution is -0.130. The summed E-state index contributed by atoms with van der Waals surface area (Å²) in [7, 11) is 0. The molecule has 1 aliphatic rings. The number of carbonyl (C=O) groups excluding carboxylic acids is 1. The van der Waals surface area contributed by atoms with Crippen LogP contribution in [0.25, 0.3) is 11.5 Å². The zero-order valence-corrected chi connectivity index (χ0v) is 12.4. The second-order valence-corrected chi connectivity index (χ2v) is 5.56. The third-order valence-electron chi connectivity index (χ3n) is 4.03. The zero-order valence-electron chi connectivity index (χ0n) is 12.4.